The van der Waals surface area contributed by atoms with Crippen LogP contribution in [0.15, 0.2) is 42.0 Å². The highest BCUT2D eigenvalue weighted by Gasteiger charge is 2.41. The molecule has 174 valence electrons. The van der Waals surface area contributed by atoms with Gasteiger partial charge >= 0.3 is 18.2 Å². The Bertz CT molecular complexity index is 752. The number of alkyl carbamates (subject to hydrolysis) is 1. The number of carbonyl (C=O) groups excluding carboxylic acids is 2. The second-order valence-electron chi connectivity index (χ2n) is 8.53. The van der Waals surface area contributed by atoms with E-state index in [0.29, 0.717) is 5.56 Å². The molecule has 1 aromatic rings. The maximum atomic E-state index is 14.1. The highest BCUT2D eigenvalue weighted by Crippen LogP contribution is 2.33. The predicted molar refractivity (Wildman–Crippen MR) is 112 cm³/mol. The average Bonchev–Trinajstić information content (AvgIpc) is 2.59. The van der Waals surface area contributed by atoms with Crippen LogP contribution in [0, 0.1) is 11.8 Å². The van der Waals surface area contributed by atoms with Gasteiger partial charge in [0.1, 0.15) is 5.60 Å². The van der Waals surface area contributed by atoms with Gasteiger partial charge in [-0.2, -0.15) is 13.2 Å². The van der Waals surface area contributed by atoms with Gasteiger partial charge in [0.15, 0.2) is 0 Å². The van der Waals surface area contributed by atoms with E-state index in [2.05, 4.69) is 5.32 Å². The number of alkyl halides is 3. The minimum atomic E-state index is -4.78. The molecule has 0 saturated carbocycles. The topological polar surface area (TPSA) is 64.6 Å². The van der Waals surface area contributed by atoms with Gasteiger partial charge in [0.2, 0.25) is 0 Å². The minimum absolute atomic E-state index is 0.0564. The number of hydrogen-bond acceptors (Lipinski definition) is 4. The Morgan fingerprint density at radius 2 is 1.68 bits per heavy atom. The number of halogens is 3. The summed E-state index contributed by atoms with van der Waals surface area (Å²) >= 11 is 0. The molecular weight excluding hydrogens is 411 g/mol. The maximum Gasteiger partial charge on any atom is 0.414 e. The molecule has 1 rings (SSSR count). The number of carbonyl (C=O) groups is 2. The fraction of sp³-hybridized carbons (Fsp3) is 0.565. The van der Waals surface area contributed by atoms with Gasteiger partial charge in [-0.05, 0) is 45.6 Å². The molecule has 8 heteroatoms. The van der Waals surface area contributed by atoms with Crippen LogP contribution in [0.5, 0.6) is 0 Å². The summed E-state index contributed by atoms with van der Waals surface area (Å²) in [6.07, 6.45) is -5.01. The van der Waals surface area contributed by atoms with Gasteiger partial charge in [0, 0.05) is 0 Å². The molecule has 0 aliphatic heterocycles. The lowest BCUT2D eigenvalue weighted by Crippen LogP contribution is -2.44. The summed E-state index contributed by atoms with van der Waals surface area (Å²) in [5.74, 6) is -2.29. The number of esters is 1. The van der Waals surface area contributed by atoms with Crippen molar-refractivity contribution < 1.29 is 32.2 Å². The molecular formula is C23H32F3NO4. The van der Waals surface area contributed by atoms with Crippen molar-refractivity contribution in [3.8, 4) is 0 Å². The first-order valence-electron chi connectivity index (χ1n) is 10.2. The first kappa shape index (κ1) is 26.5. The van der Waals surface area contributed by atoms with Crippen molar-refractivity contribution in [1.82, 2.24) is 5.32 Å². The first-order valence-corrected chi connectivity index (χ1v) is 10.2. The number of amides is 1. The van der Waals surface area contributed by atoms with Gasteiger partial charge in [-0.3, -0.25) is 4.79 Å². The molecule has 1 amide bonds. The lowest BCUT2D eigenvalue weighted by molar-refractivity contribution is -0.147. The molecule has 0 bridgehead atoms. The van der Waals surface area contributed by atoms with Gasteiger partial charge in [0.05, 0.1) is 24.1 Å². The molecule has 0 saturated heterocycles. The van der Waals surface area contributed by atoms with E-state index < -0.39 is 47.3 Å². The van der Waals surface area contributed by atoms with Crippen LogP contribution >= 0.6 is 0 Å². The van der Waals surface area contributed by atoms with E-state index >= 15 is 0 Å². The van der Waals surface area contributed by atoms with Crippen LogP contribution < -0.4 is 5.32 Å². The van der Waals surface area contributed by atoms with Crippen LogP contribution in [0.4, 0.5) is 18.0 Å². The second kappa shape index (κ2) is 11.2. The molecule has 31 heavy (non-hydrogen) atoms. The second-order valence-corrected chi connectivity index (χ2v) is 8.53. The predicted octanol–water partition coefficient (Wildman–Crippen LogP) is 5.45. The van der Waals surface area contributed by atoms with Crippen LogP contribution in [0.2, 0.25) is 0 Å². The number of hydrogen-bond donors (Lipinski definition) is 1. The van der Waals surface area contributed by atoms with E-state index in [4.69, 9.17) is 9.47 Å². The molecule has 0 aromatic heterocycles. The Morgan fingerprint density at radius 3 is 2.13 bits per heavy atom. The summed E-state index contributed by atoms with van der Waals surface area (Å²) in [7, 11) is 0. The summed E-state index contributed by atoms with van der Waals surface area (Å²) in [5, 5.41) is 2.34. The molecule has 0 spiro atoms. The number of nitrogens with one attached hydrogen (secondary N) is 1. The normalized spacial score (nSPS) is 14.7. The molecule has 0 unspecified atom stereocenters. The van der Waals surface area contributed by atoms with E-state index in [1.165, 1.54) is 0 Å². The van der Waals surface area contributed by atoms with Crippen LogP contribution in [0.3, 0.4) is 0 Å². The zero-order chi connectivity index (χ0) is 23.8. The largest absolute Gasteiger partial charge is 0.466 e. The maximum absolute atomic E-state index is 14.1. The van der Waals surface area contributed by atoms with E-state index in [1.807, 2.05) is 0 Å². The van der Waals surface area contributed by atoms with Crippen LogP contribution in [0.25, 0.3) is 0 Å². The van der Waals surface area contributed by atoms with Crippen LogP contribution in [-0.2, 0) is 20.7 Å². The highest BCUT2D eigenvalue weighted by atomic mass is 19.4. The quantitative estimate of drug-likeness (QED) is 0.429. The van der Waals surface area contributed by atoms with Crippen molar-refractivity contribution in [3.63, 3.8) is 0 Å². The number of benzene rings is 1. The van der Waals surface area contributed by atoms with Gasteiger partial charge in [-0.25, -0.2) is 4.79 Å². The molecule has 0 radical (unpaired) electrons. The van der Waals surface area contributed by atoms with Crippen LogP contribution in [-0.4, -0.2) is 36.5 Å². The van der Waals surface area contributed by atoms with Crippen molar-refractivity contribution in [2.24, 2.45) is 11.8 Å². The lowest BCUT2D eigenvalue weighted by atomic mass is 9.89. The zero-order valence-electron chi connectivity index (χ0n) is 18.9. The van der Waals surface area contributed by atoms with E-state index in [-0.39, 0.29) is 13.0 Å². The third kappa shape index (κ3) is 9.44. The Morgan fingerprint density at radius 1 is 1.10 bits per heavy atom. The lowest BCUT2D eigenvalue weighted by Gasteiger charge is -2.28. The molecule has 5 nitrogen and oxygen atoms in total. The summed E-state index contributed by atoms with van der Waals surface area (Å²) in [6.45, 7) is 9.78. The summed E-state index contributed by atoms with van der Waals surface area (Å²) < 4.78 is 52.5. The fourth-order valence-corrected chi connectivity index (χ4v) is 2.91. The fourth-order valence-electron chi connectivity index (χ4n) is 2.91. The van der Waals surface area contributed by atoms with Gasteiger partial charge in [-0.1, -0.05) is 50.3 Å². The first-order chi connectivity index (χ1) is 14.2. The average molecular weight is 444 g/mol. The van der Waals surface area contributed by atoms with Crippen molar-refractivity contribution >= 4 is 12.1 Å². The Kier molecular flexibility index (Phi) is 9.59. The van der Waals surface area contributed by atoms with E-state index in [0.717, 1.165) is 6.08 Å². The van der Waals surface area contributed by atoms with Crippen molar-refractivity contribution in [2.75, 3.05) is 6.61 Å². The van der Waals surface area contributed by atoms with Gasteiger partial charge in [0.25, 0.3) is 0 Å². The highest BCUT2D eigenvalue weighted by molar-refractivity contribution is 5.75. The minimum Gasteiger partial charge on any atom is -0.466 e. The summed E-state index contributed by atoms with van der Waals surface area (Å²) in [4.78, 5) is 24.6. The van der Waals surface area contributed by atoms with Crippen molar-refractivity contribution in [1.29, 1.82) is 0 Å². The summed E-state index contributed by atoms with van der Waals surface area (Å²) in [5.41, 5.74) is -1.31. The van der Waals surface area contributed by atoms with E-state index in [9.17, 15) is 22.8 Å². The van der Waals surface area contributed by atoms with Crippen molar-refractivity contribution in [2.45, 2.75) is 65.8 Å². The molecule has 1 aromatic carbocycles. The molecule has 0 aliphatic carbocycles. The smallest absolute Gasteiger partial charge is 0.414 e. The van der Waals surface area contributed by atoms with Gasteiger partial charge < -0.3 is 14.8 Å². The molecule has 2 atom stereocenters. The zero-order valence-corrected chi connectivity index (χ0v) is 18.9. The number of rotatable bonds is 8. The van der Waals surface area contributed by atoms with Gasteiger partial charge in [-0.15, -0.1) is 0 Å². The number of ether oxygens (including phenoxy) is 2. The van der Waals surface area contributed by atoms with E-state index in [1.54, 1.807) is 71.9 Å². The summed E-state index contributed by atoms with van der Waals surface area (Å²) in [6, 6.07) is 7.04. The molecule has 0 aliphatic rings. The Labute approximate surface area is 182 Å². The SMILES string of the molecule is CCOC(=O)[C@H](/C=C(\[C@H](Cc1ccccc1)NC(=O)OC(C)(C)C)C(F)(F)F)C(C)C. The molecule has 1 N–H and O–H groups in total. The van der Waals surface area contributed by atoms with Crippen molar-refractivity contribution in [3.05, 3.63) is 47.5 Å². The molecule has 0 heterocycles. The standard InChI is InChI=1S/C23H32F3NO4/c1-7-30-20(28)17(15(2)3)14-18(23(24,25)26)19(13-16-11-9-8-10-12-16)27-21(29)31-22(4,5)6/h8-12,14-15,17,19H,7,13H2,1-6H3,(H,27,29)/b18-14+/t17-,19+/m1/s1. The third-order valence-electron chi connectivity index (χ3n) is 4.31. The third-order valence-corrected chi connectivity index (χ3v) is 4.31. The molecule has 0 fully saturated rings. The van der Waals surface area contributed by atoms with Crippen LogP contribution in [0.1, 0.15) is 47.1 Å². The monoisotopic (exact) mass is 443 g/mol. The Balaban J connectivity index is 3.42. The Hall–Kier alpha value is -2.51.